The second-order valence-corrected chi connectivity index (χ2v) is 5.36. The number of likely N-dealkylation sites (tertiary alicyclic amines) is 1. The van der Waals surface area contributed by atoms with Gasteiger partial charge < -0.3 is 9.64 Å². The first kappa shape index (κ1) is 14.6. The smallest absolute Gasteiger partial charge is 0.257 e. The number of hydrogen-bond acceptors (Lipinski definition) is 3. The zero-order valence-corrected chi connectivity index (χ0v) is 12.2. The molecule has 2 heterocycles. The molecule has 0 unspecified atom stereocenters. The Morgan fingerprint density at radius 1 is 1.47 bits per heavy atom. The summed E-state index contributed by atoms with van der Waals surface area (Å²) in [6, 6.07) is 0. The summed E-state index contributed by atoms with van der Waals surface area (Å²) in [5, 5.41) is 0.594. The molecule has 1 aliphatic heterocycles. The van der Waals surface area contributed by atoms with Gasteiger partial charge in [-0.15, -0.1) is 0 Å². The van der Waals surface area contributed by atoms with Gasteiger partial charge in [-0.3, -0.25) is 9.78 Å². The maximum Gasteiger partial charge on any atom is 0.257 e. The number of hydrogen-bond donors (Lipinski definition) is 0. The van der Waals surface area contributed by atoms with E-state index in [2.05, 4.69) is 4.98 Å². The largest absolute Gasteiger partial charge is 0.381 e. The van der Waals surface area contributed by atoms with Gasteiger partial charge >= 0.3 is 0 Å². The topological polar surface area (TPSA) is 42.4 Å². The highest BCUT2D eigenvalue weighted by atomic mass is 35.5. The Labute approximate surface area is 122 Å². The van der Waals surface area contributed by atoms with Crippen molar-refractivity contribution < 1.29 is 9.53 Å². The third-order valence-electron chi connectivity index (χ3n) is 3.20. The molecule has 1 atom stereocenters. The van der Waals surface area contributed by atoms with Crippen LogP contribution in [0.25, 0.3) is 0 Å². The highest BCUT2D eigenvalue weighted by Crippen LogP contribution is 2.27. The quantitative estimate of drug-likeness (QED) is 0.859. The lowest BCUT2D eigenvalue weighted by Gasteiger charge is -2.18. The van der Waals surface area contributed by atoms with Crippen LogP contribution in [0.1, 0.15) is 23.7 Å². The molecule has 0 aliphatic carbocycles. The first-order valence-corrected chi connectivity index (χ1v) is 7.05. The molecule has 0 spiro atoms. The molecule has 2 rings (SSSR count). The fourth-order valence-corrected chi connectivity index (χ4v) is 2.74. The second kappa shape index (κ2) is 6.55. The SMILES string of the molecule is CCOC[C@@H]1CCN(C(=O)c2c(Cl)cncc2Cl)C1. The Bertz CT molecular complexity index is 448. The molecule has 1 aliphatic rings. The molecule has 1 aromatic heterocycles. The number of rotatable bonds is 4. The molecule has 6 heteroatoms. The Morgan fingerprint density at radius 3 is 2.79 bits per heavy atom. The second-order valence-electron chi connectivity index (χ2n) is 4.54. The van der Waals surface area contributed by atoms with Crippen molar-refractivity contribution in [2.24, 2.45) is 5.92 Å². The van der Waals surface area contributed by atoms with Crippen molar-refractivity contribution in [1.29, 1.82) is 0 Å². The van der Waals surface area contributed by atoms with Crippen LogP contribution >= 0.6 is 23.2 Å². The highest BCUT2D eigenvalue weighted by molar-refractivity contribution is 6.39. The molecule has 1 aromatic rings. The summed E-state index contributed by atoms with van der Waals surface area (Å²) >= 11 is 12.0. The number of aromatic nitrogens is 1. The lowest BCUT2D eigenvalue weighted by molar-refractivity contribution is 0.0763. The third-order valence-corrected chi connectivity index (χ3v) is 3.77. The Kier molecular flexibility index (Phi) is 5.02. The van der Waals surface area contributed by atoms with E-state index in [-0.39, 0.29) is 5.91 Å². The van der Waals surface area contributed by atoms with E-state index in [1.165, 1.54) is 12.4 Å². The Balaban J connectivity index is 2.05. The van der Waals surface area contributed by atoms with Crippen LogP contribution in [0.3, 0.4) is 0 Å². The van der Waals surface area contributed by atoms with E-state index in [0.717, 1.165) is 6.42 Å². The van der Waals surface area contributed by atoms with E-state index in [4.69, 9.17) is 27.9 Å². The standard InChI is InChI=1S/C13H16Cl2N2O2/c1-2-19-8-9-3-4-17(7-9)13(18)12-10(14)5-16-6-11(12)15/h5-6,9H,2-4,7-8H2,1H3/t9-/m1/s1. The number of halogens is 2. The van der Waals surface area contributed by atoms with E-state index in [9.17, 15) is 4.79 Å². The summed E-state index contributed by atoms with van der Waals surface area (Å²) in [4.78, 5) is 18.0. The Morgan fingerprint density at radius 2 is 2.16 bits per heavy atom. The average Bonchev–Trinajstić information content (AvgIpc) is 2.84. The number of ether oxygens (including phenoxy) is 1. The van der Waals surface area contributed by atoms with Crippen molar-refractivity contribution in [3.8, 4) is 0 Å². The lowest BCUT2D eigenvalue weighted by Crippen LogP contribution is -2.29. The molecule has 4 nitrogen and oxygen atoms in total. The van der Waals surface area contributed by atoms with Gasteiger partial charge in [0.15, 0.2) is 0 Å². The number of nitrogens with zero attached hydrogens (tertiary/aromatic N) is 2. The normalized spacial score (nSPS) is 18.9. The maximum absolute atomic E-state index is 12.4. The van der Waals surface area contributed by atoms with Crippen LogP contribution in [0.4, 0.5) is 0 Å². The van der Waals surface area contributed by atoms with Crippen LogP contribution in [-0.4, -0.2) is 42.1 Å². The van der Waals surface area contributed by atoms with E-state index in [1.807, 2.05) is 6.92 Å². The van der Waals surface area contributed by atoms with Gasteiger partial charge in [-0.1, -0.05) is 23.2 Å². The molecular weight excluding hydrogens is 287 g/mol. The van der Waals surface area contributed by atoms with Crippen LogP contribution in [0.15, 0.2) is 12.4 Å². The van der Waals surface area contributed by atoms with Gasteiger partial charge in [-0.2, -0.15) is 0 Å². The van der Waals surface area contributed by atoms with Crippen molar-refractivity contribution in [1.82, 2.24) is 9.88 Å². The third kappa shape index (κ3) is 3.38. The summed E-state index contributed by atoms with van der Waals surface area (Å²) in [5.41, 5.74) is 0.343. The lowest BCUT2D eigenvalue weighted by atomic mass is 10.1. The number of carbonyl (C=O) groups is 1. The van der Waals surface area contributed by atoms with E-state index < -0.39 is 0 Å². The molecular formula is C13H16Cl2N2O2. The summed E-state index contributed by atoms with van der Waals surface area (Å²) in [7, 11) is 0. The molecule has 0 radical (unpaired) electrons. The van der Waals surface area contributed by atoms with Gasteiger partial charge in [0.1, 0.15) is 0 Å². The minimum Gasteiger partial charge on any atom is -0.381 e. The molecule has 0 bridgehead atoms. The van der Waals surface area contributed by atoms with Gasteiger partial charge in [0.2, 0.25) is 0 Å². The molecule has 0 N–H and O–H groups in total. The van der Waals surface area contributed by atoms with Crippen molar-refractivity contribution >= 4 is 29.1 Å². The summed E-state index contributed by atoms with van der Waals surface area (Å²) in [6.07, 6.45) is 3.83. The summed E-state index contributed by atoms with van der Waals surface area (Å²) < 4.78 is 5.40. The number of pyridine rings is 1. The predicted octanol–water partition coefficient (Wildman–Crippen LogP) is 2.89. The fourth-order valence-electron chi connectivity index (χ4n) is 2.21. The fraction of sp³-hybridized carbons (Fsp3) is 0.538. The average molecular weight is 303 g/mol. The number of amides is 1. The van der Waals surface area contributed by atoms with Crippen LogP contribution in [0, 0.1) is 5.92 Å². The van der Waals surface area contributed by atoms with Gasteiger partial charge in [0, 0.05) is 38.0 Å². The Hall–Kier alpha value is -0.840. The molecule has 1 fully saturated rings. The monoisotopic (exact) mass is 302 g/mol. The zero-order valence-electron chi connectivity index (χ0n) is 10.7. The van der Waals surface area contributed by atoms with Gasteiger partial charge in [-0.05, 0) is 13.3 Å². The van der Waals surface area contributed by atoms with Crippen LogP contribution < -0.4 is 0 Å². The van der Waals surface area contributed by atoms with Crippen molar-refractivity contribution in [3.63, 3.8) is 0 Å². The molecule has 0 aromatic carbocycles. The minimum atomic E-state index is -0.128. The van der Waals surface area contributed by atoms with Crippen molar-refractivity contribution in [2.45, 2.75) is 13.3 Å². The maximum atomic E-state index is 12.4. The van der Waals surface area contributed by atoms with Crippen LogP contribution in [-0.2, 0) is 4.74 Å². The zero-order chi connectivity index (χ0) is 13.8. The number of carbonyl (C=O) groups excluding carboxylic acids is 1. The van der Waals surface area contributed by atoms with Crippen LogP contribution in [0.5, 0.6) is 0 Å². The summed E-state index contributed by atoms with van der Waals surface area (Å²) in [6.45, 7) is 4.76. The van der Waals surface area contributed by atoms with Gasteiger partial charge in [-0.25, -0.2) is 0 Å². The van der Waals surface area contributed by atoms with E-state index >= 15 is 0 Å². The summed E-state index contributed by atoms with van der Waals surface area (Å²) in [5.74, 6) is 0.264. The van der Waals surface area contributed by atoms with Gasteiger partial charge in [0.25, 0.3) is 5.91 Å². The molecule has 1 amide bonds. The van der Waals surface area contributed by atoms with Crippen molar-refractivity contribution in [2.75, 3.05) is 26.3 Å². The molecule has 104 valence electrons. The highest BCUT2D eigenvalue weighted by Gasteiger charge is 2.29. The first-order chi connectivity index (χ1) is 9.13. The first-order valence-electron chi connectivity index (χ1n) is 6.29. The van der Waals surface area contributed by atoms with Gasteiger partial charge in [0.05, 0.1) is 22.2 Å². The van der Waals surface area contributed by atoms with Crippen LogP contribution in [0.2, 0.25) is 10.0 Å². The molecule has 19 heavy (non-hydrogen) atoms. The molecule has 0 saturated carbocycles. The van der Waals surface area contributed by atoms with E-state index in [0.29, 0.717) is 47.8 Å². The van der Waals surface area contributed by atoms with E-state index in [1.54, 1.807) is 4.90 Å². The van der Waals surface area contributed by atoms with Crippen molar-refractivity contribution in [3.05, 3.63) is 28.0 Å². The molecule has 1 saturated heterocycles. The predicted molar refractivity (Wildman–Crippen MR) is 74.8 cm³/mol. The minimum absolute atomic E-state index is 0.128.